The Labute approximate surface area is 73.4 Å². The summed E-state index contributed by atoms with van der Waals surface area (Å²) in [4.78, 5) is 0. The van der Waals surface area contributed by atoms with Crippen molar-refractivity contribution in [2.24, 2.45) is 0 Å². The molecule has 1 aromatic carbocycles. The molecule has 12 heavy (non-hydrogen) atoms. The zero-order valence-corrected chi connectivity index (χ0v) is 7.42. The molecule has 0 spiro atoms. The van der Waals surface area contributed by atoms with Gasteiger partial charge in [-0.25, -0.2) is 0 Å². The van der Waals surface area contributed by atoms with Gasteiger partial charge in [-0.3, -0.25) is 0 Å². The second-order valence-electron chi connectivity index (χ2n) is 3.42. The summed E-state index contributed by atoms with van der Waals surface area (Å²) in [5, 5.41) is 0. The molecule has 0 radical (unpaired) electrons. The Balaban J connectivity index is 2.39. The highest BCUT2D eigenvalue weighted by Crippen LogP contribution is 2.23. The van der Waals surface area contributed by atoms with Crippen LogP contribution in [0.2, 0.25) is 0 Å². The van der Waals surface area contributed by atoms with Gasteiger partial charge in [-0.2, -0.15) is 0 Å². The summed E-state index contributed by atoms with van der Waals surface area (Å²) in [6, 6.07) is 8.65. The first kappa shape index (κ1) is 7.81. The molecular formula is C11H14O. The SMILES string of the molecule is CC1COCCc2ccccc21. The van der Waals surface area contributed by atoms with E-state index in [0.29, 0.717) is 5.92 Å². The lowest BCUT2D eigenvalue weighted by Gasteiger charge is -2.10. The predicted octanol–water partition coefficient (Wildman–Crippen LogP) is 2.36. The van der Waals surface area contributed by atoms with Crippen LogP contribution in [0, 0.1) is 0 Å². The molecule has 1 aliphatic heterocycles. The Morgan fingerprint density at radius 3 is 3.08 bits per heavy atom. The standard InChI is InChI=1S/C11H14O/c1-9-8-12-7-6-10-4-2-3-5-11(9)10/h2-5,9H,6-8H2,1H3. The number of hydrogen-bond acceptors (Lipinski definition) is 1. The summed E-state index contributed by atoms with van der Waals surface area (Å²) in [6.45, 7) is 3.97. The first-order valence-electron chi connectivity index (χ1n) is 4.53. The van der Waals surface area contributed by atoms with Gasteiger partial charge in [0.25, 0.3) is 0 Å². The summed E-state index contributed by atoms with van der Waals surface area (Å²) < 4.78 is 5.49. The molecule has 0 saturated heterocycles. The first-order valence-corrected chi connectivity index (χ1v) is 4.53. The molecule has 1 heterocycles. The van der Waals surface area contributed by atoms with Gasteiger partial charge in [0.15, 0.2) is 0 Å². The fraction of sp³-hybridized carbons (Fsp3) is 0.455. The van der Waals surface area contributed by atoms with Crippen LogP contribution in [-0.4, -0.2) is 13.2 Å². The fourth-order valence-corrected chi connectivity index (χ4v) is 1.77. The molecule has 64 valence electrons. The highest BCUT2D eigenvalue weighted by atomic mass is 16.5. The molecular weight excluding hydrogens is 148 g/mol. The molecule has 0 amide bonds. The van der Waals surface area contributed by atoms with E-state index in [-0.39, 0.29) is 0 Å². The predicted molar refractivity (Wildman–Crippen MR) is 49.4 cm³/mol. The van der Waals surface area contributed by atoms with Gasteiger partial charge in [-0.05, 0) is 17.5 Å². The minimum atomic E-state index is 0.559. The van der Waals surface area contributed by atoms with Gasteiger partial charge in [0.05, 0.1) is 13.2 Å². The molecule has 0 aliphatic carbocycles. The third-order valence-corrected chi connectivity index (χ3v) is 2.47. The first-order chi connectivity index (χ1) is 5.88. The molecule has 0 aromatic heterocycles. The van der Waals surface area contributed by atoms with E-state index < -0.39 is 0 Å². The van der Waals surface area contributed by atoms with Gasteiger partial charge in [-0.15, -0.1) is 0 Å². The smallest absolute Gasteiger partial charge is 0.0532 e. The third kappa shape index (κ3) is 1.37. The van der Waals surface area contributed by atoms with Crippen LogP contribution in [0.4, 0.5) is 0 Å². The van der Waals surface area contributed by atoms with Crippen LogP contribution in [0.1, 0.15) is 24.0 Å². The Hall–Kier alpha value is -0.820. The van der Waals surface area contributed by atoms with Crippen LogP contribution in [0.25, 0.3) is 0 Å². The van der Waals surface area contributed by atoms with Crippen molar-refractivity contribution in [3.63, 3.8) is 0 Å². The van der Waals surface area contributed by atoms with E-state index in [4.69, 9.17) is 4.74 Å². The minimum absolute atomic E-state index is 0.559. The molecule has 1 aliphatic rings. The highest BCUT2D eigenvalue weighted by Gasteiger charge is 2.13. The zero-order valence-electron chi connectivity index (χ0n) is 7.42. The minimum Gasteiger partial charge on any atom is -0.380 e. The fourth-order valence-electron chi connectivity index (χ4n) is 1.77. The number of rotatable bonds is 0. The van der Waals surface area contributed by atoms with E-state index in [1.165, 1.54) is 11.1 Å². The summed E-state index contributed by atoms with van der Waals surface area (Å²) in [6.07, 6.45) is 1.07. The van der Waals surface area contributed by atoms with E-state index in [1.807, 2.05) is 0 Å². The molecule has 1 heteroatoms. The van der Waals surface area contributed by atoms with E-state index in [1.54, 1.807) is 0 Å². The van der Waals surface area contributed by atoms with Crippen LogP contribution in [0.3, 0.4) is 0 Å². The van der Waals surface area contributed by atoms with E-state index in [2.05, 4.69) is 31.2 Å². The normalized spacial score (nSPS) is 22.9. The van der Waals surface area contributed by atoms with Crippen LogP contribution >= 0.6 is 0 Å². The van der Waals surface area contributed by atoms with Crippen LogP contribution < -0.4 is 0 Å². The molecule has 0 N–H and O–H groups in total. The topological polar surface area (TPSA) is 9.23 Å². The summed E-state index contributed by atoms with van der Waals surface area (Å²) in [5.41, 5.74) is 2.93. The number of benzene rings is 1. The van der Waals surface area contributed by atoms with Crippen molar-refractivity contribution in [2.75, 3.05) is 13.2 Å². The summed E-state index contributed by atoms with van der Waals surface area (Å²) in [7, 11) is 0. The maximum atomic E-state index is 5.49. The lowest BCUT2D eigenvalue weighted by Crippen LogP contribution is -2.00. The Kier molecular flexibility index (Phi) is 2.13. The Bertz CT molecular complexity index is 267. The van der Waals surface area contributed by atoms with Gasteiger partial charge in [0.2, 0.25) is 0 Å². The Morgan fingerprint density at radius 1 is 1.33 bits per heavy atom. The van der Waals surface area contributed by atoms with Crippen molar-refractivity contribution in [3.05, 3.63) is 35.4 Å². The van der Waals surface area contributed by atoms with E-state index in [0.717, 1.165) is 19.6 Å². The van der Waals surface area contributed by atoms with Crippen molar-refractivity contribution in [3.8, 4) is 0 Å². The molecule has 0 fully saturated rings. The lowest BCUT2D eigenvalue weighted by molar-refractivity contribution is 0.133. The molecule has 0 saturated carbocycles. The van der Waals surface area contributed by atoms with Crippen molar-refractivity contribution in [2.45, 2.75) is 19.3 Å². The van der Waals surface area contributed by atoms with Gasteiger partial charge in [-0.1, -0.05) is 31.2 Å². The molecule has 1 nitrogen and oxygen atoms in total. The molecule has 1 unspecified atom stereocenters. The maximum absolute atomic E-state index is 5.49. The van der Waals surface area contributed by atoms with Crippen molar-refractivity contribution >= 4 is 0 Å². The quantitative estimate of drug-likeness (QED) is 0.569. The molecule has 1 aromatic rings. The number of fused-ring (bicyclic) bond motifs is 1. The van der Waals surface area contributed by atoms with Crippen molar-refractivity contribution in [1.29, 1.82) is 0 Å². The van der Waals surface area contributed by atoms with Crippen molar-refractivity contribution in [1.82, 2.24) is 0 Å². The van der Waals surface area contributed by atoms with Crippen LogP contribution in [0.15, 0.2) is 24.3 Å². The second-order valence-corrected chi connectivity index (χ2v) is 3.42. The molecule has 0 bridgehead atoms. The number of ether oxygens (including phenoxy) is 1. The Morgan fingerprint density at radius 2 is 2.17 bits per heavy atom. The zero-order chi connectivity index (χ0) is 8.39. The van der Waals surface area contributed by atoms with Crippen molar-refractivity contribution < 1.29 is 4.74 Å². The lowest BCUT2D eigenvalue weighted by atomic mass is 9.96. The monoisotopic (exact) mass is 162 g/mol. The number of hydrogen-bond donors (Lipinski definition) is 0. The largest absolute Gasteiger partial charge is 0.380 e. The van der Waals surface area contributed by atoms with E-state index in [9.17, 15) is 0 Å². The molecule has 2 rings (SSSR count). The van der Waals surface area contributed by atoms with Gasteiger partial charge >= 0.3 is 0 Å². The second kappa shape index (κ2) is 3.28. The van der Waals surface area contributed by atoms with Crippen LogP contribution in [0.5, 0.6) is 0 Å². The average molecular weight is 162 g/mol. The third-order valence-electron chi connectivity index (χ3n) is 2.47. The highest BCUT2D eigenvalue weighted by molar-refractivity contribution is 5.30. The average Bonchev–Trinajstić information content (AvgIpc) is 2.29. The van der Waals surface area contributed by atoms with Gasteiger partial charge in [0.1, 0.15) is 0 Å². The van der Waals surface area contributed by atoms with Crippen LogP contribution in [-0.2, 0) is 11.2 Å². The van der Waals surface area contributed by atoms with E-state index >= 15 is 0 Å². The summed E-state index contributed by atoms with van der Waals surface area (Å²) in [5.74, 6) is 0.559. The van der Waals surface area contributed by atoms with Gasteiger partial charge < -0.3 is 4.74 Å². The maximum Gasteiger partial charge on any atom is 0.0532 e. The van der Waals surface area contributed by atoms with Gasteiger partial charge in [0, 0.05) is 5.92 Å². The molecule has 1 atom stereocenters. The summed E-state index contributed by atoms with van der Waals surface area (Å²) >= 11 is 0.